The monoisotopic (exact) mass is 456 g/mol. The third-order valence-corrected chi connectivity index (χ3v) is 6.85. The number of anilines is 2. The standard InChI is InChI=1S/C23H28N4O4S/c1-13-18-21(27-9-7-6-8-10-27)24-14(2)25-23(18)32-20(13)22(28)26-15-11-16(29-3)19(31-5)17(12-15)30-4/h11-12H,6-10H2,1-5H3,(H,26,28). The average molecular weight is 457 g/mol. The summed E-state index contributed by atoms with van der Waals surface area (Å²) in [5.41, 5.74) is 1.45. The van der Waals surface area contributed by atoms with Crippen LogP contribution in [0.5, 0.6) is 17.2 Å². The summed E-state index contributed by atoms with van der Waals surface area (Å²) in [5.74, 6) is 2.88. The van der Waals surface area contributed by atoms with E-state index < -0.39 is 0 Å². The number of hydrogen-bond donors (Lipinski definition) is 1. The van der Waals surface area contributed by atoms with Crippen molar-refractivity contribution in [1.29, 1.82) is 0 Å². The number of thiophene rings is 1. The fourth-order valence-electron chi connectivity index (χ4n) is 4.11. The summed E-state index contributed by atoms with van der Waals surface area (Å²) in [6.07, 6.45) is 3.55. The molecular formula is C23H28N4O4S. The van der Waals surface area contributed by atoms with Gasteiger partial charge in [0.05, 0.1) is 31.6 Å². The van der Waals surface area contributed by atoms with E-state index in [1.54, 1.807) is 33.5 Å². The smallest absolute Gasteiger partial charge is 0.266 e. The Morgan fingerprint density at radius 2 is 1.66 bits per heavy atom. The molecule has 3 aromatic rings. The molecular weight excluding hydrogens is 428 g/mol. The van der Waals surface area contributed by atoms with Gasteiger partial charge in [0.25, 0.3) is 5.91 Å². The van der Waals surface area contributed by atoms with Crippen LogP contribution in [-0.2, 0) is 0 Å². The molecule has 3 heterocycles. The number of fused-ring (bicyclic) bond motifs is 1. The maximum atomic E-state index is 13.3. The minimum atomic E-state index is -0.206. The van der Waals surface area contributed by atoms with E-state index in [-0.39, 0.29) is 5.91 Å². The number of nitrogens with zero attached hydrogens (tertiary/aromatic N) is 3. The quantitative estimate of drug-likeness (QED) is 0.581. The first-order valence-electron chi connectivity index (χ1n) is 10.6. The van der Waals surface area contributed by atoms with E-state index in [1.165, 1.54) is 17.8 Å². The Morgan fingerprint density at radius 1 is 1.00 bits per heavy atom. The van der Waals surface area contributed by atoms with Crippen LogP contribution in [0.25, 0.3) is 10.2 Å². The van der Waals surface area contributed by atoms with Gasteiger partial charge >= 0.3 is 0 Å². The highest BCUT2D eigenvalue weighted by molar-refractivity contribution is 7.20. The van der Waals surface area contributed by atoms with Gasteiger partial charge in [0.15, 0.2) is 11.5 Å². The van der Waals surface area contributed by atoms with Crippen LogP contribution in [0.3, 0.4) is 0 Å². The largest absolute Gasteiger partial charge is 0.493 e. The van der Waals surface area contributed by atoms with Crippen molar-refractivity contribution in [2.45, 2.75) is 33.1 Å². The lowest BCUT2D eigenvalue weighted by atomic mass is 10.1. The summed E-state index contributed by atoms with van der Waals surface area (Å²) in [4.78, 5) is 26.4. The molecule has 1 fully saturated rings. The Balaban J connectivity index is 1.71. The molecule has 0 aliphatic carbocycles. The molecule has 9 heteroatoms. The van der Waals surface area contributed by atoms with Gasteiger partial charge in [-0.2, -0.15) is 0 Å². The summed E-state index contributed by atoms with van der Waals surface area (Å²) in [5, 5.41) is 3.94. The SMILES string of the molecule is COc1cc(NC(=O)c2sc3nc(C)nc(N4CCCCC4)c3c2C)cc(OC)c1OC. The first-order chi connectivity index (χ1) is 15.5. The van der Waals surface area contributed by atoms with Crippen molar-refractivity contribution in [3.63, 3.8) is 0 Å². The molecule has 1 aliphatic heterocycles. The predicted molar refractivity (Wildman–Crippen MR) is 127 cm³/mol. The van der Waals surface area contributed by atoms with Gasteiger partial charge in [0, 0.05) is 30.9 Å². The third kappa shape index (κ3) is 4.04. The van der Waals surface area contributed by atoms with Gasteiger partial charge in [-0.15, -0.1) is 11.3 Å². The molecule has 170 valence electrons. The zero-order chi connectivity index (χ0) is 22.8. The molecule has 4 rings (SSSR count). The van der Waals surface area contributed by atoms with Crippen molar-refractivity contribution in [2.75, 3.05) is 44.6 Å². The van der Waals surface area contributed by atoms with Crippen molar-refractivity contribution >= 4 is 39.0 Å². The van der Waals surface area contributed by atoms with E-state index in [0.29, 0.717) is 27.8 Å². The van der Waals surface area contributed by atoms with Gasteiger partial charge < -0.3 is 24.4 Å². The topological polar surface area (TPSA) is 85.8 Å². The molecule has 1 saturated heterocycles. The molecule has 0 atom stereocenters. The van der Waals surface area contributed by atoms with Crippen LogP contribution < -0.4 is 24.4 Å². The van der Waals surface area contributed by atoms with Crippen molar-refractivity contribution in [3.8, 4) is 17.2 Å². The molecule has 0 unspecified atom stereocenters. The number of carbonyl (C=O) groups is 1. The highest BCUT2D eigenvalue weighted by atomic mass is 32.1. The summed E-state index contributed by atoms with van der Waals surface area (Å²) in [6, 6.07) is 3.43. The minimum absolute atomic E-state index is 0.206. The second-order valence-electron chi connectivity index (χ2n) is 7.75. The number of ether oxygens (including phenoxy) is 3. The molecule has 1 aromatic carbocycles. The molecule has 8 nitrogen and oxygen atoms in total. The van der Waals surface area contributed by atoms with Gasteiger partial charge in [-0.05, 0) is 38.7 Å². The summed E-state index contributed by atoms with van der Waals surface area (Å²) < 4.78 is 16.2. The third-order valence-electron chi connectivity index (χ3n) is 5.67. The van der Waals surface area contributed by atoms with Crippen LogP contribution in [0.15, 0.2) is 12.1 Å². The zero-order valence-corrected chi connectivity index (χ0v) is 19.9. The van der Waals surface area contributed by atoms with Crippen molar-refractivity contribution in [3.05, 3.63) is 28.4 Å². The fourth-order valence-corrected chi connectivity index (χ4v) is 5.23. The van der Waals surface area contributed by atoms with Crippen molar-refractivity contribution < 1.29 is 19.0 Å². The maximum Gasteiger partial charge on any atom is 0.266 e. The van der Waals surface area contributed by atoms with Crippen LogP contribution in [0.4, 0.5) is 11.5 Å². The van der Waals surface area contributed by atoms with E-state index >= 15 is 0 Å². The Labute approximate surface area is 191 Å². The van der Waals surface area contributed by atoms with Crippen LogP contribution in [0, 0.1) is 13.8 Å². The second-order valence-corrected chi connectivity index (χ2v) is 8.75. The van der Waals surface area contributed by atoms with Gasteiger partial charge in [0.1, 0.15) is 16.5 Å². The fraction of sp³-hybridized carbons (Fsp3) is 0.435. The van der Waals surface area contributed by atoms with E-state index in [9.17, 15) is 4.79 Å². The number of piperidine rings is 1. The van der Waals surface area contributed by atoms with Crippen molar-refractivity contribution in [2.24, 2.45) is 0 Å². The zero-order valence-electron chi connectivity index (χ0n) is 19.1. The number of benzene rings is 1. The van der Waals surface area contributed by atoms with Crippen molar-refractivity contribution in [1.82, 2.24) is 9.97 Å². The lowest BCUT2D eigenvalue weighted by Crippen LogP contribution is -2.30. The van der Waals surface area contributed by atoms with Gasteiger partial charge in [-0.1, -0.05) is 0 Å². The Kier molecular flexibility index (Phi) is 6.36. The lowest BCUT2D eigenvalue weighted by molar-refractivity contribution is 0.103. The number of rotatable bonds is 6. The maximum absolute atomic E-state index is 13.3. The van der Waals surface area contributed by atoms with Crippen LogP contribution in [-0.4, -0.2) is 50.3 Å². The van der Waals surface area contributed by atoms with Gasteiger partial charge in [0.2, 0.25) is 5.75 Å². The lowest BCUT2D eigenvalue weighted by Gasteiger charge is -2.28. The minimum Gasteiger partial charge on any atom is -0.493 e. The van der Waals surface area contributed by atoms with Crippen LogP contribution >= 0.6 is 11.3 Å². The summed E-state index contributed by atoms with van der Waals surface area (Å²) in [6.45, 7) is 5.83. The first kappa shape index (κ1) is 22.1. The number of hydrogen-bond acceptors (Lipinski definition) is 8. The number of carbonyl (C=O) groups excluding carboxylic acids is 1. The highest BCUT2D eigenvalue weighted by Gasteiger charge is 2.24. The van der Waals surface area contributed by atoms with E-state index in [2.05, 4.69) is 15.2 Å². The number of nitrogens with one attached hydrogen (secondary N) is 1. The average Bonchev–Trinajstić information content (AvgIpc) is 3.14. The Bertz CT molecular complexity index is 1130. The van der Waals surface area contributed by atoms with Crippen LogP contribution in [0.2, 0.25) is 0 Å². The summed E-state index contributed by atoms with van der Waals surface area (Å²) in [7, 11) is 4.63. The molecule has 0 spiro atoms. The van der Waals surface area contributed by atoms with Crippen LogP contribution in [0.1, 0.15) is 40.3 Å². The second kappa shape index (κ2) is 9.20. The first-order valence-corrected chi connectivity index (χ1v) is 11.4. The Morgan fingerprint density at radius 3 is 2.25 bits per heavy atom. The van der Waals surface area contributed by atoms with Gasteiger partial charge in [-0.3, -0.25) is 4.79 Å². The number of methoxy groups -OCH3 is 3. The van der Waals surface area contributed by atoms with E-state index in [1.807, 2.05) is 13.8 Å². The Hall–Kier alpha value is -3.07. The number of aromatic nitrogens is 2. The molecule has 1 N–H and O–H groups in total. The molecule has 2 aromatic heterocycles. The molecule has 1 aliphatic rings. The van der Waals surface area contributed by atoms with E-state index in [4.69, 9.17) is 19.2 Å². The highest BCUT2D eigenvalue weighted by Crippen LogP contribution is 2.41. The normalized spacial score (nSPS) is 13.8. The molecule has 0 bridgehead atoms. The molecule has 0 saturated carbocycles. The summed E-state index contributed by atoms with van der Waals surface area (Å²) >= 11 is 1.39. The molecule has 1 amide bonds. The number of amides is 1. The van der Waals surface area contributed by atoms with Gasteiger partial charge in [-0.25, -0.2) is 9.97 Å². The predicted octanol–water partition coefficient (Wildman–Crippen LogP) is 4.58. The molecule has 32 heavy (non-hydrogen) atoms. The molecule has 0 radical (unpaired) electrons. The number of aryl methyl sites for hydroxylation is 2. The van der Waals surface area contributed by atoms with E-state index in [0.717, 1.165) is 53.4 Å².